The Hall–Kier alpha value is -2.04. The van der Waals surface area contributed by atoms with Crippen LogP contribution in [0, 0.1) is 13.8 Å². The fourth-order valence-electron chi connectivity index (χ4n) is 1.87. The molecular weight excluding hydrogens is 230 g/mol. The minimum Gasteiger partial charge on any atom is -0.481 e. The molecule has 0 aliphatic rings. The molecule has 0 amide bonds. The van der Waals surface area contributed by atoms with Gasteiger partial charge in [-0.25, -0.2) is 4.98 Å². The zero-order valence-corrected chi connectivity index (χ0v) is 11.1. The quantitative estimate of drug-likeness (QED) is 0.830. The summed E-state index contributed by atoms with van der Waals surface area (Å²) in [4.78, 5) is 10.7. The van der Waals surface area contributed by atoms with Gasteiger partial charge in [0.1, 0.15) is 17.4 Å². The van der Waals surface area contributed by atoms with Crippen LogP contribution in [0.25, 0.3) is 0 Å². The first-order valence-corrected chi connectivity index (χ1v) is 5.74. The Labute approximate surface area is 106 Å². The Balaban J connectivity index is 2.29. The minimum absolute atomic E-state index is 0.615. The molecule has 18 heavy (non-hydrogen) atoms. The van der Waals surface area contributed by atoms with Crippen LogP contribution in [-0.2, 0) is 6.54 Å². The SMILES string of the molecule is COc1nc(C)nc(N(C)Cc2ccco2)c1C. The van der Waals surface area contributed by atoms with E-state index in [4.69, 9.17) is 9.15 Å². The summed E-state index contributed by atoms with van der Waals surface area (Å²) in [5.74, 6) is 3.06. The highest BCUT2D eigenvalue weighted by atomic mass is 16.5. The first-order chi connectivity index (χ1) is 8.61. The van der Waals surface area contributed by atoms with Gasteiger partial charge in [0.05, 0.1) is 25.5 Å². The molecule has 0 spiro atoms. The fourth-order valence-corrected chi connectivity index (χ4v) is 1.87. The van der Waals surface area contributed by atoms with Crippen molar-refractivity contribution in [2.75, 3.05) is 19.1 Å². The summed E-state index contributed by atoms with van der Waals surface area (Å²) >= 11 is 0. The molecule has 0 bridgehead atoms. The van der Waals surface area contributed by atoms with Crippen molar-refractivity contribution >= 4 is 5.82 Å². The van der Waals surface area contributed by atoms with E-state index in [0.29, 0.717) is 18.2 Å². The molecule has 96 valence electrons. The lowest BCUT2D eigenvalue weighted by atomic mass is 10.3. The van der Waals surface area contributed by atoms with Crippen LogP contribution in [-0.4, -0.2) is 24.1 Å². The second-order valence-electron chi connectivity index (χ2n) is 4.16. The van der Waals surface area contributed by atoms with Crippen LogP contribution >= 0.6 is 0 Å². The van der Waals surface area contributed by atoms with Gasteiger partial charge in [0.2, 0.25) is 5.88 Å². The standard InChI is InChI=1S/C13H17N3O2/c1-9-12(14-10(2)15-13(9)17-4)16(3)8-11-6-5-7-18-11/h5-7H,8H2,1-4H3. The summed E-state index contributed by atoms with van der Waals surface area (Å²) in [6.45, 7) is 4.46. The molecule has 0 saturated heterocycles. The monoisotopic (exact) mass is 247 g/mol. The molecule has 0 aromatic carbocycles. The first-order valence-electron chi connectivity index (χ1n) is 5.74. The molecule has 2 aromatic heterocycles. The fraction of sp³-hybridized carbons (Fsp3) is 0.385. The number of nitrogens with zero attached hydrogens (tertiary/aromatic N) is 3. The number of furan rings is 1. The smallest absolute Gasteiger partial charge is 0.221 e. The molecule has 0 aliphatic carbocycles. The van der Waals surface area contributed by atoms with Gasteiger partial charge in [-0.3, -0.25) is 0 Å². The molecule has 0 saturated carbocycles. The van der Waals surface area contributed by atoms with Gasteiger partial charge in [0, 0.05) is 7.05 Å². The number of hydrogen-bond donors (Lipinski definition) is 0. The topological polar surface area (TPSA) is 51.4 Å². The normalized spacial score (nSPS) is 10.4. The lowest BCUT2D eigenvalue weighted by Gasteiger charge is -2.20. The van der Waals surface area contributed by atoms with Crippen molar-refractivity contribution in [2.24, 2.45) is 0 Å². The van der Waals surface area contributed by atoms with E-state index in [-0.39, 0.29) is 0 Å². The highest BCUT2D eigenvalue weighted by Gasteiger charge is 2.14. The average molecular weight is 247 g/mol. The molecule has 5 heteroatoms. The van der Waals surface area contributed by atoms with Crippen molar-refractivity contribution in [1.29, 1.82) is 0 Å². The van der Waals surface area contributed by atoms with E-state index in [1.807, 2.05) is 37.9 Å². The molecule has 2 heterocycles. The molecule has 0 fully saturated rings. The molecule has 0 N–H and O–H groups in total. The Morgan fingerprint density at radius 3 is 2.72 bits per heavy atom. The molecule has 0 aliphatic heterocycles. The number of ether oxygens (including phenoxy) is 1. The van der Waals surface area contributed by atoms with Crippen molar-refractivity contribution in [3.05, 3.63) is 35.5 Å². The van der Waals surface area contributed by atoms with Crippen LogP contribution in [0.3, 0.4) is 0 Å². The highest BCUT2D eigenvalue weighted by molar-refractivity contribution is 5.50. The number of hydrogen-bond acceptors (Lipinski definition) is 5. The number of anilines is 1. The third-order valence-corrected chi connectivity index (χ3v) is 2.72. The summed E-state index contributed by atoms with van der Waals surface area (Å²) < 4.78 is 10.6. The molecule has 0 radical (unpaired) electrons. The third kappa shape index (κ3) is 2.45. The molecule has 0 atom stereocenters. The van der Waals surface area contributed by atoms with Crippen LogP contribution in [0.2, 0.25) is 0 Å². The van der Waals surface area contributed by atoms with Crippen LogP contribution in [0.4, 0.5) is 5.82 Å². The predicted octanol–water partition coefficient (Wildman–Crippen LogP) is 2.33. The van der Waals surface area contributed by atoms with Gasteiger partial charge >= 0.3 is 0 Å². The van der Waals surface area contributed by atoms with Gasteiger partial charge in [-0.2, -0.15) is 4.98 Å². The molecular formula is C13H17N3O2. The summed E-state index contributed by atoms with van der Waals surface area (Å²) in [6, 6.07) is 3.82. The Bertz CT molecular complexity index is 523. The summed E-state index contributed by atoms with van der Waals surface area (Å²) in [5, 5.41) is 0. The third-order valence-electron chi connectivity index (χ3n) is 2.72. The Kier molecular flexibility index (Phi) is 3.50. The highest BCUT2D eigenvalue weighted by Crippen LogP contribution is 2.25. The summed E-state index contributed by atoms with van der Waals surface area (Å²) in [5.41, 5.74) is 0.928. The van der Waals surface area contributed by atoms with Crippen LogP contribution in [0.5, 0.6) is 5.88 Å². The largest absolute Gasteiger partial charge is 0.481 e. The Morgan fingerprint density at radius 1 is 1.33 bits per heavy atom. The number of aromatic nitrogens is 2. The van der Waals surface area contributed by atoms with Crippen LogP contribution < -0.4 is 9.64 Å². The van der Waals surface area contributed by atoms with E-state index in [0.717, 1.165) is 17.1 Å². The van der Waals surface area contributed by atoms with Gasteiger partial charge in [-0.15, -0.1) is 0 Å². The average Bonchev–Trinajstić information content (AvgIpc) is 2.84. The van der Waals surface area contributed by atoms with E-state index < -0.39 is 0 Å². The second kappa shape index (κ2) is 5.08. The van der Waals surface area contributed by atoms with Crippen LogP contribution in [0.15, 0.2) is 22.8 Å². The minimum atomic E-state index is 0.615. The van der Waals surface area contributed by atoms with Crippen molar-refractivity contribution in [3.63, 3.8) is 0 Å². The lowest BCUT2D eigenvalue weighted by molar-refractivity contribution is 0.392. The van der Waals surface area contributed by atoms with E-state index in [1.165, 1.54) is 0 Å². The number of aryl methyl sites for hydroxylation is 1. The number of methoxy groups -OCH3 is 1. The van der Waals surface area contributed by atoms with E-state index in [2.05, 4.69) is 9.97 Å². The molecule has 2 aromatic rings. The second-order valence-corrected chi connectivity index (χ2v) is 4.16. The van der Waals surface area contributed by atoms with Gasteiger partial charge in [0.15, 0.2) is 0 Å². The summed E-state index contributed by atoms with van der Waals surface area (Å²) in [7, 11) is 3.59. The summed E-state index contributed by atoms with van der Waals surface area (Å²) in [6.07, 6.45) is 1.67. The van der Waals surface area contributed by atoms with E-state index >= 15 is 0 Å². The van der Waals surface area contributed by atoms with Gasteiger partial charge in [0.25, 0.3) is 0 Å². The van der Waals surface area contributed by atoms with E-state index in [9.17, 15) is 0 Å². The number of rotatable bonds is 4. The molecule has 5 nitrogen and oxygen atoms in total. The van der Waals surface area contributed by atoms with E-state index in [1.54, 1.807) is 13.4 Å². The molecule has 2 rings (SSSR count). The maximum absolute atomic E-state index is 5.34. The van der Waals surface area contributed by atoms with Crippen molar-refractivity contribution in [3.8, 4) is 5.88 Å². The van der Waals surface area contributed by atoms with Crippen molar-refractivity contribution in [1.82, 2.24) is 9.97 Å². The zero-order chi connectivity index (χ0) is 13.1. The van der Waals surface area contributed by atoms with Gasteiger partial charge in [-0.1, -0.05) is 0 Å². The van der Waals surface area contributed by atoms with Crippen LogP contribution in [0.1, 0.15) is 17.1 Å². The predicted molar refractivity (Wildman–Crippen MR) is 68.9 cm³/mol. The maximum atomic E-state index is 5.34. The van der Waals surface area contributed by atoms with Crippen molar-refractivity contribution in [2.45, 2.75) is 20.4 Å². The maximum Gasteiger partial charge on any atom is 0.221 e. The van der Waals surface area contributed by atoms with Gasteiger partial charge < -0.3 is 14.1 Å². The zero-order valence-electron chi connectivity index (χ0n) is 11.1. The lowest BCUT2D eigenvalue weighted by Crippen LogP contribution is -2.19. The first kappa shape index (κ1) is 12.4. The Morgan fingerprint density at radius 2 is 2.11 bits per heavy atom. The molecule has 0 unspecified atom stereocenters. The van der Waals surface area contributed by atoms with Crippen molar-refractivity contribution < 1.29 is 9.15 Å². The van der Waals surface area contributed by atoms with Gasteiger partial charge in [-0.05, 0) is 26.0 Å².